The summed E-state index contributed by atoms with van der Waals surface area (Å²) in [5, 5.41) is 30.7. The van der Waals surface area contributed by atoms with Gasteiger partial charge in [0.2, 0.25) is 0 Å². The van der Waals surface area contributed by atoms with E-state index in [4.69, 9.17) is 23.5 Å². The molecule has 1 aliphatic heterocycles. The first kappa shape index (κ1) is 57.3. The van der Waals surface area contributed by atoms with Crippen LogP contribution < -0.4 is 0 Å². The number of carbonyl (C=O) groups is 1. The minimum absolute atomic E-state index is 0.0122. The zero-order valence-electron chi connectivity index (χ0n) is 37.9. The lowest BCUT2D eigenvalue weighted by molar-refractivity contribution is -0.301. The Balaban J connectivity index is 2.48. The molecule has 0 saturated carbocycles. The van der Waals surface area contributed by atoms with Gasteiger partial charge in [-0.3, -0.25) is 9.35 Å². The van der Waals surface area contributed by atoms with Crippen LogP contribution in [0.5, 0.6) is 0 Å². The van der Waals surface area contributed by atoms with Crippen LogP contribution in [0.4, 0.5) is 0 Å². The highest BCUT2D eigenvalue weighted by atomic mass is 32.3. The Morgan fingerprint density at radius 1 is 0.629 bits per heavy atom. The van der Waals surface area contributed by atoms with Gasteiger partial charge in [-0.15, -0.1) is 0 Å². The Morgan fingerprint density at radius 2 is 1.11 bits per heavy atom. The zero-order chi connectivity index (χ0) is 45.4. The molecule has 4 N–H and O–H groups in total. The molecule has 0 amide bonds. The Labute approximate surface area is 374 Å². The second-order valence-corrected chi connectivity index (χ2v) is 16.7. The maximum Gasteiger partial charge on any atom is 0.397 e. The predicted molar refractivity (Wildman–Crippen MR) is 248 cm³/mol. The van der Waals surface area contributed by atoms with Crippen LogP contribution in [0.25, 0.3) is 0 Å². The van der Waals surface area contributed by atoms with Gasteiger partial charge in [0, 0.05) is 13.0 Å². The molecule has 6 unspecified atom stereocenters. The number of esters is 1. The van der Waals surface area contributed by atoms with Crippen molar-refractivity contribution in [2.24, 2.45) is 0 Å². The first-order valence-electron chi connectivity index (χ1n) is 23.3. The van der Waals surface area contributed by atoms with Crippen LogP contribution in [0.15, 0.2) is 85.1 Å². The molecule has 13 heteroatoms. The maximum absolute atomic E-state index is 12.8. The first-order valence-corrected chi connectivity index (χ1v) is 24.7. The van der Waals surface area contributed by atoms with Crippen molar-refractivity contribution in [3.63, 3.8) is 0 Å². The third-order valence-electron chi connectivity index (χ3n) is 10.0. The van der Waals surface area contributed by atoms with Crippen molar-refractivity contribution in [3.05, 3.63) is 85.1 Å². The number of unbranched alkanes of at least 4 members (excludes halogenated alkanes) is 12. The summed E-state index contributed by atoms with van der Waals surface area (Å²) in [6.07, 6.45) is 43.4. The maximum atomic E-state index is 12.8. The van der Waals surface area contributed by atoms with Crippen molar-refractivity contribution in [3.8, 4) is 0 Å². The summed E-state index contributed by atoms with van der Waals surface area (Å²) in [6, 6.07) is 0. The normalized spacial score (nSPS) is 20.8. The number of allylic oxidation sites excluding steroid dienone is 14. The summed E-state index contributed by atoms with van der Waals surface area (Å²) in [4.78, 5) is 12.8. The minimum Gasteiger partial charge on any atom is -0.457 e. The Kier molecular flexibility index (Phi) is 36.8. The zero-order valence-corrected chi connectivity index (χ0v) is 38.7. The summed E-state index contributed by atoms with van der Waals surface area (Å²) in [7, 11) is -5.08. The molecule has 12 nitrogen and oxygen atoms in total. The number of aliphatic hydroxyl groups excluding tert-OH is 3. The van der Waals surface area contributed by atoms with Gasteiger partial charge >= 0.3 is 16.4 Å². The SMILES string of the molecule is CC/C=C\C/C=C\C/C=C\C/C=C\C/C=C\C/C=C\CCCOCC(COC1OC(CO)C(O)C(OS(=O)(=O)O)C1O)OC(=O)CCCCCCC/C=C\CCCCCCCC. The van der Waals surface area contributed by atoms with E-state index in [9.17, 15) is 28.5 Å². The number of carbonyl (C=O) groups excluding carboxylic acids is 1. The van der Waals surface area contributed by atoms with Crippen LogP contribution in [0.2, 0.25) is 0 Å². The second-order valence-electron chi connectivity index (χ2n) is 15.6. The number of hydrogen-bond donors (Lipinski definition) is 4. The summed E-state index contributed by atoms with van der Waals surface area (Å²) in [5.41, 5.74) is 0. The average molecular weight is 895 g/mol. The number of ether oxygens (including phenoxy) is 4. The highest BCUT2D eigenvalue weighted by molar-refractivity contribution is 7.80. The number of hydrogen-bond acceptors (Lipinski definition) is 11. The highest BCUT2D eigenvalue weighted by Gasteiger charge is 2.48. The second kappa shape index (κ2) is 39.8. The summed E-state index contributed by atoms with van der Waals surface area (Å²) in [6.45, 7) is 3.69. The van der Waals surface area contributed by atoms with Crippen LogP contribution in [0.3, 0.4) is 0 Å². The third kappa shape index (κ3) is 32.9. The Morgan fingerprint density at radius 3 is 1.65 bits per heavy atom. The van der Waals surface area contributed by atoms with E-state index in [1.165, 1.54) is 38.5 Å². The van der Waals surface area contributed by atoms with Gasteiger partial charge < -0.3 is 34.3 Å². The largest absolute Gasteiger partial charge is 0.457 e. The van der Waals surface area contributed by atoms with Gasteiger partial charge in [-0.2, -0.15) is 8.42 Å². The van der Waals surface area contributed by atoms with E-state index < -0.39 is 59.8 Å². The highest BCUT2D eigenvalue weighted by Crippen LogP contribution is 2.26. The van der Waals surface area contributed by atoms with E-state index in [2.05, 4.69) is 103 Å². The van der Waals surface area contributed by atoms with Crippen molar-refractivity contribution in [2.75, 3.05) is 26.4 Å². The molecule has 356 valence electrons. The third-order valence-corrected chi connectivity index (χ3v) is 10.5. The van der Waals surface area contributed by atoms with E-state index in [0.29, 0.717) is 13.0 Å². The molecule has 62 heavy (non-hydrogen) atoms. The molecule has 0 aromatic rings. The van der Waals surface area contributed by atoms with E-state index in [-0.39, 0.29) is 19.6 Å². The topological polar surface area (TPSA) is 178 Å². The molecule has 0 aromatic heterocycles. The Bertz CT molecular complexity index is 1400. The van der Waals surface area contributed by atoms with Crippen LogP contribution in [-0.2, 0) is 38.3 Å². The lowest BCUT2D eigenvalue weighted by atomic mass is 9.99. The molecule has 1 rings (SSSR count). The van der Waals surface area contributed by atoms with Crippen molar-refractivity contribution < 1.29 is 56.2 Å². The lowest BCUT2D eigenvalue weighted by Crippen LogP contribution is -2.60. The quantitative estimate of drug-likeness (QED) is 0.0199. The molecule has 1 saturated heterocycles. The molecule has 1 aliphatic rings. The predicted octanol–water partition coefficient (Wildman–Crippen LogP) is 10.1. The fourth-order valence-corrected chi connectivity index (χ4v) is 7.01. The van der Waals surface area contributed by atoms with Crippen LogP contribution in [0.1, 0.15) is 155 Å². The van der Waals surface area contributed by atoms with Gasteiger partial charge in [0.25, 0.3) is 0 Å². The fraction of sp³-hybridized carbons (Fsp3) is 0.694. The molecule has 1 heterocycles. The van der Waals surface area contributed by atoms with Crippen LogP contribution in [0, 0.1) is 0 Å². The number of rotatable bonds is 39. The first-order chi connectivity index (χ1) is 30.1. The van der Waals surface area contributed by atoms with Gasteiger partial charge in [-0.05, 0) is 83.5 Å². The lowest BCUT2D eigenvalue weighted by Gasteiger charge is -2.41. The monoisotopic (exact) mass is 895 g/mol. The van der Waals surface area contributed by atoms with E-state index in [1.54, 1.807) is 0 Å². The molecular weight excluding hydrogens is 813 g/mol. The van der Waals surface area contributed by atoms with E-state index >= 15 is 0 Å². The van der Waals surface area contributed by atoms with Gasteiger partial charge in [0.1, 0.15) is 30.5 Å². The fourth-order valence-electron chi connectivity index (χ4n) is 6.51. The summed E-state index contributed by atoms with van der Waals surface area (Å²) >= 11 is 0. The standard InChI is InChI=1S/C49H82O12S/c1-3-5-7-9-11-13-15-17-19-20-21-22-23-25-27-29-31-33-35-37-39-57-41-43(42-58-49-47(53)48(61-62(54,55)56)46(52)44(40-50)60-49)59-45(51)38-36-34-32-30-28-26-24-18-16-14-12-10-8-6-4-2/h5,7,11,13,17-19,21-22,24-25,27,31,33,43-44,46-50,52-53H,3-4,6,8-10,12,14-16,20,23,26,28-30,32,34-42H2,1-2H3,(H,54,55,56)/b7-5-,13-11-,19-17-,22-21-,24-18-,27-25-,33-31-. The smallest absolute Gasteiger partial charge is 0.397 e. The molecule has 0 radical (unpaired) electrons. The molecule has 6 atom stereocenters. The summed E-state index contributed by atoms with van der Waals surface area (Å²) in [5.74, 6) is -0.431. The van der Waals surface area contributed by atoms with Gasteiger partial charge in [0.15, 0.2) is 6.29 Å². The molecule has 0 aromatic carbocycles. The van der Waals surface area contributed by atoms with Crippen LogP contribution in [-0.4, -0.2) is 97.5 Å². The molecule has 0 aliphatic carbocycles. The minimum atomic E-state index is -5.08. The van der Waals surface area contributed by atoms with Crippen molar-refractivity contribution >= 4 is 16.4 Å². The molecule has 0 bridgehead atoms. The summed E-state index contributed by atoms with van der Waals surface area (Å²) < 4.78 is 59.0. The molecular formula is C49H82O12S. The van der Waals surface area contributed by atoms with Gasteiger partial charge in [-0.1, -0.05) is 150 Å². The van der Waals surface area contributed by atoms with Crippen molar-refractivity contribution in [2.45, 2.75) is 192 Å². The molecule has 1 fully saturated rings. The average Bonchev–Trinajstić information content (AvgIpc) is 3.24. The molecule has 0 spiro atoms. The van der Waals surface area contributed by atoms with Crippen LogP contribution >= 0.6 is 0 Å². The van der Waals surface area contributed by atoms with Gasteiger partial charge in [0.05, 0.1) is 19.8 Å². The van der Waals surface area contributed by atoms with E-state index in [0.717, 1.165) is 89.9 Å². The van der Waals surface area contributed by atoms with Crippen molar-refractivity contribution in [1.29, 1.82) is 0 Å². The Hall–Kier alpha value is -2.72. The van der Waals surface area contributed by atoms with Gasteiger partial charge in [-0.25, -0.2) is 4.18 Å². The van der Waals surface area contributed by atoms with E-state index in [1.807, 2.05) is 0 Å². The number of aliphatic hydroxyl groups is 3. The van der Waals surface area contributed by atoms with Crippen molar-refractivity contribution in [1.82, 2.24) is 0 Å².